The van der Waals surface area contributed by atoms with E-state index in [1.54, 1.807) is 6.20 Å². The first-order valence-corrected chi connectivity index (χ1v) is 7.25. The summed E-state index contributed by atoms with van der Waals surface area (Å²) < 4.78 is 11.1. The summed E-state index contributed by atoms with van der Waals surface area (Å²) >= 11 is 0. The Labute approximate surface area is 132 Å². The van der Waals surface area contributed by atoms with Crippen molar-refractivity contribution >= 4 is 10.9 Å². The fourth-order valence-electron chi connectivity index (χ4n) is 2.35. The summed E-state index contributed by atoms with van der Waals surface area (Å²) in [7, 11) is 0. The van der Waals surface area contributed by atoms with Crippen molar-refractivity contribution in [2.45, 2.75) is 6.61 Å². The van der Waals surface area contributed by atoms with Crippen molar-refractivity contribution in [1.29, 1.82) is 0 Å². The van der Waals surface area contributed by atoms with Crippen molar-refractivity contribution in [1.82, 2.24) is 15.1 Å². The van der Waals surface area contributed by atoms with Crippen LogP contribution < -0.4 is 4.74 Å². The maximum Gasteiger partial charge on any atom is 0.258 e. The number of benzene rings is 2. The third-order valence-electron chi connectivity index (χ3n) is 3.44. The van der Waals surface area contributed by atoms with Gasteiger partial charge >= 0.3 is 0 Å². The number of ether oxygens (including phenoxy) is 1. The molecule has 2 aromatic heterocycles. The fourth-order valence-corrected chi connectivity index (χ4v) is 2.35. The summed E-state index contributed by atoms with van der Waals surface area (Å²) in [4.78, 5) is 8.71. The molecule has 112 valence electrons. The van der Waals surface area contributed by atoms with E-state index in [2.05, 4.69) is 15.1 Å². The first kappa shape index (κ1) is 13.5. The third kappa shape index (κ3) is 2.76. The standard InChI is InChI=1S/C18H13N3O2/c1-2-6-14(7-3-1)18-20-16(21-23-18)12-22-15-10-4-8-13-9-5-11-19-17(13)15/h1-11H,12H2. The van der Waals surface area contributed by atoms with Gasteiger partial charge in [-0.2, -0.15) is 4.98 Å². The van der Waals surface area contributed by atoms with Gasteiger partial charge in [0.1, 0.15) is 11.3 Å². The molecule has 2 heterocycles. The van der Waals surface area contributed by atoms with E-state index in [-0.39, 0.29) is 6.61 Å². The molecular formula is C18H13N3O2. The third-order valence-corrected chi connectivity index (χ3v) is 3.44. The van der Waals surface area contributed by atoms with Crippen molar-refractivity contribution in [3.8, 4) is 17.2 Å². The molecule has 0 aliphatic rings. The van der Waals surface area contributed by atoms with Crippen LogP contribution in [0.1, 0.15) is 5.82 Å². The normalized spacial score (nSPS) is 10.8. The summed E-state index contributed by atoms with van der Waals surface area (Å²) in [5, 5.41) is 4.99. The summed E-state index contributed by atoms with van der Waals surface area (Å²) in [6.45, 7) is 0.228. The minimum Gasteiger partial charge on any atom is -0.483 e. The molecule has 2 aromatic carbocycles. The summed E-state index contributed by atoms with van der Waals surface area (Å²) in [5.74, 6) is 1.69. The molecule has 0 aliphatic carbocycles. The molecular weight excluding hydrogens is 290 g/mol. The van der Waals surface area contributed by atoms with Gasteiger partial charge < -0.3 is 9.26 Å². The van der Waals surface area contributed by atoms with E-state index in [4.69, 9.17) is 9.26 Å². The zero-order chi connectivity index (χ0) is 15.5. The number of hydrogen-bond acceptors (Lipinski definition) is 5. The molecule has 0 bridgehead atoms. The second-order valence-electron chi connectivity index (χ2n) is 5.00. The Morgan fingerprint density at radius 3 is 2.70 bits per heavy atom. The van der Waals surface area contributed by atoms with Gasteiger partial charge in [0.2, 0.25) is 5.82 Å². The van der Waals surface area contributed by atoms with Gasteiger partial charge in [-0.15, -0.1) is 0 Å². The van der Waals surface area contributed by atoms with E-state index in [9.17, 15) is 0 Å². The van der Waals surface area contributed by atoms with E-state index in [0.29, 0.717) is 17.5 Å². The lowest BCUT2D eigenvalue weighted by atomic mass is 10.2. The van der Waals surface area contributed by atoms with Gasteiger partial charge in [0.05, 0.1) is 0 Å². The Morgan fingerprint density at radius 1 is 0.913 bits per heavy atom. The molecule has 5 heteroatoms. The van der Waals surface area contributed by atoms with E-state index in [1.807, 2.05) is 60.7 Å². The van der Waals surface area contributed by atoms with E-state index < -0.39 is 0 Å². The number of nitrogens with zero attached hydrogens (tertiary/aromatic N) is 3. The number of para-hydroxylation sites is 1. The number of rotatable bonds is 4. The van der Waals surface area contributed by atoms with Crippen LogP contribution in [0.5, 0.6) is 5.75 Å². The van der Waals surface area contributed by atoms with Crippen LogP contribution in [0.2, 0.25) is 0 Å². The highest BCUT2D eigenvalue weighted by Crippen LogP contribution is 2.24. The molecule has 0 N–H and O–H groups in total. The van der Waals surface area contributed by atoms with Gasteiger partial charge in [-0.05, 0) is 24.3 Å². The van der Waals surface area contributed by atoms with Crippen LogP contribution in [0.25, 0.3) is 22.4 Å². The quantitative estimate of drug-likeness (QED) is 0.573. The molecule has 0 radical (unpaired) electrons. The Balaban J connectivity index is 1.54. The summed E-state index contributed by atoms with van der Waals surface area (Å²) in [6, 6.07) is 19.4. The van der Waals surface area contributed by atoms with Gasteiger partial charge in [-0.1, -0.05) is 41.6 Å². The van der Waals surface area contributed by atoms with E-state index in [1.165, 1.54) is 0 Å². The Morgan fingerprint density at radius 2 is 1.78 bits per heavy atom. The SMILES string of the molecule is c1ccc(-c2nc(COc3cccc4cccnc34)no2)cc1. The minimum atomic E-state index is 0.228. The molecule has 0 saturated heterocycles. The molecule has 0 saturated carbocycles. The summed E-state index contributed by atoms with van der Waals surface area (Å²) in [5.41, 5.74) is 1.71. The minimum absolute atomic E-state index is 0.228. The highest BCUT2D eigenvalue weighted by molar-refractivity contribution is 5.84. The fraction of sp³-hybridized carbons (Fsp3) is 0.0556. The highest BCUT2D eigenvalue weighted by atomic mass is 16.5. The zero-order valence-electron chi connectivity index (χ0n) is 12.2. The predicted molar refractivity (Wildman–Crippen MR) is 85.8 cm³/mol. The molecule has 0 unspecified atom stereocenters. The number of pyridine rings is 1. The lowest BCUT2D eigenvalue weighted by Gasteiger charge is -2.06. The van der Waals surface area contributed by atoms with Gasteiger partial charge in [0.25, 0.3) is 5.89 Å². The zero-order valence-corrected chi connectivity index (χ0v) is 12.2. The molecule has 0 aliphatic heterocycles. The van der Waals surface area contributed by atoms with Crippen molar-refractivity contribution in [3.05, 3.63) is 72.7 Å². The Hall–Kier alpha value is -3.21. The highest BCUT2D eigenvalue weighted by Gasteiger charge is 2.10. The molecule has 0 fully saturated rings. The van der Waals surface area contributed by atoms with Crippen LogP contribution in [0.3, 0.4) is 0 Å². The Kier molecular flexibility index (Phi) is 3.44. The van der Waals surface area contributed by atoms with Crippen LogP contribution in [-0.2, 0) is 6.61 Å². The van der Waals surface area contributed by atoms with Crippen molar-refractivity contribution in [2.24, 2.45) is 0 Å². The first-order chi connectivity index (χ1) is 11.4. The van der Waals surface area contributed by atoms with E-state index in [0.717, 1.165) is 16.5 Å². The van der Waals surface area contributed by atoms with Gasteiger partial charge in [0, 0.05) is 17.1 Å². The van der Waals surface area contributed by atoms with Gasteiger partial charge in [-0.25, -0.2) is 0 Å². The van der Waals surface area contributed by atoms with Crippen LogP contribution in [-0.4, -0.2) is 15.1 Å². The lowest BCUT2D eigenvalue weighted by Crippen LogP contribution is -1.98. The smallest absolute Gasteiger partial charge is 0.258 e. The molecule has 0 atom stereocenters. The van der Waals surface area contributed by atoms with Crippen LogP contribution in [0.15, 0.2) is 71.4 Å². The van der Waals surface area contributed by atoms with Crippen LogP contribution >= 0.6 is 0 Å². The second kappa shape index (κ2) is 5.88. The van der Waals surface area contributed by atoms with E-state index >= 15 is 0 Å². The molecule has 0 spiro atoms. The molecule has 23 heavy (non-hydrogen) atoms. The number of fused-ring (bicyclic) bond motifs is 1. The first-order valence-electron chi connectivity index (χ1n) is 7.25. The molecule has 5 nitrogen and oxygen atoms in total. The Bertz CT molecular complexity index is 930. The molecule has 4 aromatic rings. The van der Waals surface area contributed by atoms with Crippen molar-refractivity contribution in [3.63, 3.8) is 0 Å². The van der Waals surface area contributed by atoms with Crippen LogP contribution in [0, 0.1) is 0 Å². The molecule has 0 amide bonds. The second-order valence-corrected chi connectivity index (χ2v) is 5.00. The molecule has 4 rings (SSSR count). The average molecular weight is 303 g/mol. The largest absolute Gasteiger partial charge is 0.483 e. The van der Waals surface area contributed by atoms with Crippen LogP contribution in [0.4, 0.5) is 0 Å². The summed E-state index contributed by atoms with van der Waals surface area (Å²) in [6.07, 6.45) is 1.75. The van der Waals surface area contributed by atoms with Crippen molar-refractivity contribution in [2.75, 3.05) is 0 Å². The maximum absolute atomic E-state index is 5.81. The van der Waals surface area contributed by atoms with Gasteiger partial charge in [-0.3, -0.25) is 4.98 Å². The predicted octanol–water partition coefficient (Wildman–Crippen LogP) is 3.86. The number of aromatic nitrogens is 3. The monoisotopic (exact) mass is 303 g/mol. The van der Waals surface area contributed by atoms with Gasteiger partial charge in [0.15, 0.2) is 6.61 Å². The lowest BCUT2D eigenvalue weighted by molar-refractivity contribution is 0.290. The average Bonchev–Trinajstić information content (AvgIpc) is 3.10. The van der Waals surface area contributed by atoms with Crippen molar-refractivity contribution < 1.29 is 9.26 Å². The number of hydrogen-bond donors (Lipinski definition) is 0. The topological polar surface area (TPSA) is 61.0 Å². The maximum atomic E-state index is 5.81.